The Hall–Kier alpha value is -0.120. The van der Waals surface area contributed by atoms with Crippen molar-refractivity contribution in [1.29, 1.82) is 0 Å². The molecular formula is C29H62NO2+. The molecule has 0 saturated heterocycles. The van der Waals surface area contributed by atoms with E-state index in [-0.39, 0.29) is 6.10 Å². The van der Waals surface area contributed by atoms with Crippen molar-refractivity contribution in [3.63, 3.8) is 0 Å². The first-order valence-corrected chi connectivity index (χ1v) is 14.6. The highest BCUT2D eigenvalue weighted by Gasteiger charge is 2.20. The van der Waals surface area contributed by atoms with Crippen LogP contribution in [-0.2, 0) is 4.74 Å². The number of aliphatic hydroxyl groups excluding tert-OH is 1. The summed E-state index contributed by atoms with van der Waals surface area (Å²) in [4.78, 5) is 0. The third kappa shape index (κ3) is 24.5. The van der Waals surface area contributed by atoms with Crippen LogP contribution in [0, 0.1) is 0 Å². The molecule has 0 fully saturated rings. The number of hydrogen-bond donors (Lipinski definition) is 1. The molecule has 0 saturated carbocycles. The van der Waals surface area contributed by atoms with Crippen LogP contribution in [0.25, 0.3) is 0 Å². The summed E-state index contributed by atoms with van der Waals surface area (Å²) in [5, 5.41) is 10.3. The molecule has 0 spiro atoms. The summed E-state index contributed by atoms with van der Waals surface area (Å²) in [6.45, 7) is 7.81. The van der Waals surface area contributed by atoms with Gasteiger partial charge in [0.05, 0.1) is 27.2 Å². The summed E-state index contributed by atoms with van der Waals surface area (Å²) in [6, 6.07) is 0. The summed E-state index contributed by atoms with van der Waals surface area (Å²) >= 11 is 0. The van der Waals surface area contributed by atoms with E-state index >= 15 is 0 Å². The Bertz CT molecular complexity index is 359. The first-order chi connectivity index (χ1) is 15.5. The molecular weight excluding hydrogens is 394 g/mol. The average molecular weight is 457 g/mol. The number of ether oxygens (including phenoxy) is 1. The van der Waals surface area contributed by atoms with Gasteiger partial charge in [0.25, 0.3) is 0 Å². The van der Waals surface area contributed by atoms with Gasteiger partial charge in [-0.25, -0.2) is 0 Å². The Balaban J connectivity index is 3.37. The van der Waals surface area contributed by atoms with E-state index in [1.165, 1.54) is 122 Å². The molecule has 0 heterocycles. The Morgan fingerprint density at radius 2 is 0.938 bits per heavy atom. The smallest absolute Gasteiger partial charge is 0.126 e. The number of quaternary nitrogens is 1. The first-order valence-electron chi connectivity index (χ1n) is 14.6. The molecule has 1 atom stereocenters. The van der Waals surface area contributed by atoms with Crippen LogP contribution in [-0.4, -0.2) is 56.1 Å². The second-order valence-electron chi connectivity index (χ2n) is 10.9. The van der Waals surface area contributed by atoms with E-state index in [0.29, 0.717) is 6.61 Å². The van der Waals surface area contributed by atoms with Crippen LogP contribution in [0.2, 0.25) is 0 Å². The Morgan fingerprint density at radius 3 is 1.38 bits per heavy atom. The lowest BCUT2D eigenvalue weighted by atomic mass is 10.0. The molecule has 0 aliphatic heterocycles. The number of rotatable bonds is 26. The lowest BCUT2D eigenvalue weighted by molar-refractivity contribution is -0.893. The number of aliphatic hydroxyl groups is 1. The van der Waals surface area contributed by atoms with E-state index < -0.39 is 0 Å². The molecule has 0 aromatic carbocycles. The van der Waals surface area contributed by atoms with Crippen molar-refractivity contribution in [2.45, 2.75) is 148 Å². The quantitative estimate of drug-likeness (QED) is 0.105. The second kappa shape index (κ2) is 24.0. The fourth-order valence-electron chi connectivity index (χ4n) is 4.65. The van der Waals surface area contributed by atoms with E-state index in [0.717, 1.165) is 30.6 Å². The number of likely N-dealkylation sites (N-methyl/N-ethyl adjacent to an activating group) is 1. The Morgan fingerprint density at radius 1 is 0.562 bits per heavy atom. The van der Waals surface area contributed by atoms with E-state index in [1.807, 2.05) is 0 Å². The monoisotopic (exact) mass is 456 g/mol. The van der Waals surface area contributed by atoms with E-state index in [2.05, 4.69) is 27.9 Å². The minimum absolute atomic E-state index is 0.336. The lowest BCUT2D eigenvalue weighted by Crippen LogP contribution is -2.47. The van der Waals surface area contributed by atoms with Gasteiger partial charge < -0.3 is 14.3 Å². The van der Waals surface area contributed by atoms with Crippen molar-refractivity contribution in [2.24, 2.45) is 0 Å². The fraction of sp³-hybridized carbons (Fsp3) is 1.00. The molecule has 1 unspecified atom stereocenters. The maximum Gasteiger partial charge on any atom is 0.126 e. The third-order valence-electron chi connectivity index (χ3n) is 6.77. The molecule has 32 heavy (non-hydrogen) atoms. The van der Waals surface area contributed by atoms with Crippen molar-refractivity contribution in [3.05, 3.63) is 0 Å². The summed E-state index contributed by atoms with van der Waals surface area (Å²) in [5.41, 5.74) is 0. The molecule has 3 nitrogen and oxygen atoms in total. The predicted octanol–water partition coefficient (Wildman–Crippen LogP) is 8.28. The molecule has 0 aromatic rings. The van der Waals surface area contributed by atoms with Crippen LogP contribution in [0.3, 0.4) is 0 Å². The van der Waals surface area contributed by atoms with E-state index in [4.69, 9.17) is 4.74 Å². The highest BCUT2D eigenvalue weighted by Crippen LogP contribution is 2.13. The zero-order valence-corrected chi connectivity index (χ0v) is 22.9. The maximum absolute atomic E-state index is 10.3. The van der Waals surface area contributed by atoms with Gasteiger partial charge in [-0.3, -0.25) is 0 Å². The molecule has 194 valence electrons. The molecule has 0 bridgehead atoms. The standard InChI is InChI=1S/C29H62NO2/c1-5-7-9-11-13-14-15-16-17-18-19-20-22-24-26-32-28-29(31)27-30(3,4)25-23-21-12-10-8-6-2/h29,31H,5-28H2,1-4H3/q+1. The summed E-state index contributed by atoms with van der Waals surface area (Å²) in [5.74, 6) is 0. The topological polar surface area (TPSA) is 29.5 Å². The van der Waals surface area contributed by atoms with Gasteiger partial charge in [-0.15, -0.1) is 0 Å². The largest absolute Gasteiger partial charge is 0.385 e. The first kappa shape index (κ1) is 31.9. The summed E-state index contributed by atoms with van der Waals surface area (Å²) in [7, 11) is 4.48. The molecule has 0 aromatic heterocycles. The molecule has 0 aliphatic rings. The van der Waals surface area contributed by atoms with Gasteiger partial charge in [-0.2, -0.15) is 0 Å². The maximum atomic E-state index is 10.3. The molecule has 0 amide bonds. The van der Waals surface area contributed by atoms with Crippen LogP contribution in [0.5, 0.6) is 0 Å². The van der Waals surface area contributed by atoms with Crippen LogP contribution in [0.1, 0.15) is 142 Å². The number of nitrogens with zero attached hydrogens (tertiary/aromatic N) is 1. The normalized spacial score (nSPS) is 13.0. The second-order valence-corrected chi connectivity index (χ2v) is 10.9. The molecule has 3 heteroatoms. The van der Waals surface area contributed by atoms with E-state index in [9.17, 15) is 5.11 Å². The highest BCUT2D eigenvalue weighted by atomic mass is 16.5. The molecule has 1 N–H and O–H groups in total. The van der Waals surface area contributed by atoms with Crippen molar-refractivity contribution in [2.75, 3.05) is 40.4 Å². The van der Waals surface area contributed by atoms with Crippen LogP contribution in [0.4, 0.5) is 0 Å². The number of unbranched alkanes of at least 4 members (excludes halogenated alkanes) is 18. The van der Waals surface area contributed by atoms with Crippen LogP contribution < -0.4 is 0 Å². The summed E-state index contributed by atoms with van der Waals surface area (Å²) < 4.78 is 6.66. The molecule has 0 rings (SSSR count). The third-order valence-corrected chi connectivity index (χ3v) is 6.77. The van der Waals surface area contributed by atoms with Crippen molar-refractivity contribution in [1.82, 2.24) is 0 Å². The lowest BCUT2D eigenvalue weighted by Gasteiger charge is -2.32. The van der Waals surface area contributed by atoms with Crippen molar-refractivity contribution in [3.8, 4) is 0 Å². The Kier molecular flexibility index (Phi) is 23.9. The summed E-state index contributed by atoms with van der Waals surface area (Å²) in [6.07, 6.45) is 27.1. The SMILES string of the molecule is CCCCCCCCCCCCCCCCOCC(O)C[N+](C)(C)CCCCCCCC. The average Bonchev–Trinajstić information content (AvgIpc) is 2.75. The van der Waals surface area contributed by atoms with Crippen LogP contribution >= 0.6 is 0 Å². The predicted molar refractivity (Wildman–Crippen MR) is 142 cm³/mol. The molecule has 0 radical (unpaired) electrons. The highest BCUT2D eigenvalue weighted by molar-refractivity contribution is 4.54. The van der Waals surface area contributed by atoms with Gasteiger partial charge in [0, 0.05) is 6.61 Å². The van der Waals surface area contributed by atoms with Crippen molar-refractivity contribution >= 4 is 0 Å². The van der Waals surface area contributed by atoms with Gasteiger partial charge in [-0.05, 0) is 19.3 Å². The van der Waals surface area contributed by atoms with Gasteiger partial charge in [0.1, 0.15) is 12.6 Å². The van der Waals surface area contributed by atoms with Crippen LogP contribution in [0.15, 0.2) is 0 Å². The molecule has 0 aliphatic carbocycles. The van der Waals surface area contributed by atoms with Gasteiger partial charge >= 0.3 is 0 Å². The van der Waals surface area contributed by atoms with Gasteiger partial charge in [-0.1, -0.05) is 123 Å². The zero-order chi connectivity index (χ0) is 23.8. The van der Waals surface area contributed by atoms with E-state index in [1.54, 1.807) is 0 Å². The van der Waals surface area contributed by atoms with Crippen molar-refractivity contribution < 1.29 is 14.3 Å². The Labute approximate surface area is 203 Å². The minimum atomic E-state index is -0.336. The fourth-order valence-corrected chi connectivity index (χ4v) is 4.65. The van der Waals surface area contributed by atoms with Gasteiger partial charge in [0.2, 0.25) is 0 Å². The minimum Gasteiger partial charge on any atom is -0.385 e. The number of hydrogen-bond acceptors (Lipinski definition) is 2. The van der Waals surface area contributed by atoms with Gasteiger partial charge in [0.15, 0.2) is 0 Å². The zero-order valence-electron chi connectivity index (χ0n) is 22.9.